The summed E-state index contributed by atoms with van der Waals surface area (Å²) in [6, 6.07) is 20.1. The molecule has 1 amide bonds. The Kier molecular flexibility index (Phi) is 5.38. The highest BCUT2D eigenvalue weighted by molar-refractivity contribution is 6.12. The maximum atomic E-state index is 13.7. The molecule has 164 valence electrons. The Balaban J connectivity index is 1.62. The van der Waals surface area contributed by atoms with Crippen molar-refractivity contribution in [3.05, 3.63) is 88.5 Å². The summed E-state index contributed by atoms with van der Waals surface area (Å²) in [5.74, 6) is 1.43. The number of fused-ring (bicyclic) bond motifs is 1. The monoisotopic (exact) mass is 427 g/mol. The van der Waals surface area contributed by atoms with E-state index in [1.165, 1.54) is 18.4 Å². The van der Waals surface area contributed by atoms with Crippen molar-refractivity contribution in [3.8, 4) is 11.5 Å². The lowest BCUT2D eigenvalue weighted by Crippen LogP contribution is -2.28. The largest absolute Gasteiger partial charge is 0.493 e. The number of rotatable bonds is 5. The van der Waals surface area contributed by atoms with E-state index in [2.05, 4.69) is 32.0 Å². The van der Waals surface area contributed by atoms with Gasteiger partial charge in [0.1, 0.15) is 0 Å². The van der Waals surface area contributed by atoms with E-state index in [-0.39, 0.29) is 18.1 Å². The quantitative estimate of drug-likeness (QED) is 0.474. The Morgan fingerprint density at radius 3 is 2.31 bits per heavy atom. The zero-order chi connectivity index (χ0) is 22.2. The second-order valence-corrected chi connectivity index (χ2v) is 8.87. The molecule has 1 heterocycles. The van der Waals surface area contributed by atoms with Crippen LogP contribution in [0.1, 0.15) is 64.3 Å². The molecule has 32 heavy (non-hydrogen) atoms. The molecule has 1 fully saturated rings. The Morgan fingerprint density at radius 1 is 0.875 bits per heavy atom. The maximum absolute atomic E-state index is 13.7. The average molecular weight is 428 g/mol. The van der Waals surface area contributed by atoms with Crippen molar-refractivity contribution in [2.45, 2.75) is 51.7 Å². The van der Waals surface area contributed by atoms with Gasteiger partial charge in [0.2, 0.25) is 0 Å². The molecule has 1 atom stereocenters. The Hall–Kier alpha value is -3.27. The van der Waals surface area contributed by atoms with E-state index in [4.69, 9.17) is 9.47 Å². The molecule has 3 aromatic carbocycles. The van der Waals surface area contributed by atoms with Crippen LogP contribution in [0.25, 0.3) is 0 Å². The molecule has 2 aliphatic rings. The third kappa shape index (κ3) is 3.54. The first-order valence-electron chi connectivity index (χ1n) is 11.4. The molecule has 0 aromatic heterocycles. The van der Waals surface area contributed by atoms with Crippen molar-refractivity contribution in [1.29, 1.82) is 0 Å². The number of carbonyl (C=O) groups is 1. The van der Waals surface area contributed by atoms with E-state index < -0.39 is 0 Å². The van der Waals surface area contributed by atoms with Crippen LogP contribution in [0.15, 0.2) is 60.7 Å². The van der Waals surface area contributed by atoms with Crippen molar-refractivity contribution in [3.63, 3.8) is 0 Å². The molecule has 0 N–H and O–H groups in total. The van der Waals surface area contributed by atoms with Crippen LogP contribution in [0.5, 0.6) is 11.5 Å². The summed E-state index contributed by atoms with van der Waals surface area (Å²) in [5, 5.41) is 0. The van der Waals surface area contributed by atoms with Gasteiger partial charge in [-0.1, -0.05) is 36.4 Å². The number of aryl methyl sites for hydroxylation is 2. The van der Waals surface area contributed by atoms with Crippen LogP contribution in [-0.4, -0.2) is 19.1 Å². The number of benzene rings is 3. The zero-order valence-electron chi connectivity index (χ0n) is 18.9. The highest BCUT2D eigenvalue weighted by Gasteiger charge is 2.39. The van der Waals surface area contributed by atoms with E-state index in [1.54, 1.807) is 7.11 Å². The second kappa shape index (κ2) is 8.34. The number of hydrogen-bond donors (Lipinski definition) is 0. The molecule has 0 spiro atoms. The summed E-state index contributed by atoms with van der Waals surface area (Å²) in [4.78, 5) is 15.6. The zero-order valence-corrected chi connectivity index (χ0v) is 18.9. The lowest BCUT2D eigenvalue weighted by atomic mass is 9.94. The standard InChI is InChI=1S/C28H29NO3/c1-18-15-23-24(16-19(18)2)28(30)29(27(23)20-9-5-4-6-10-20)21-13-14-25(31-3)26(17-21)32-22-11-7-8-12-22/h4-6,9-10,13-17,22,27H,7-8,11-12H2,1-3H3. The summed E-state index contributed by atoms with van der Waals surface area (Å²) in [6.45, 7) is 4.16. The summed E-state index contributed by atoms with van der Waals surface area (Å²) >= 11 is 0. The lowest BCUT2D eigenvalue weighted by Gasteiger charge is -2.27. The summed E-state index contributed by atoms with van der Waals surface area (Å²) in [6.07, 6.45) is 4.73. The normalized spacial score (nSPS) is 18.2. The van der Waals surface area contributed by atoms with Gasteiger partial charge in [-0.05, 0) is 80.0 Å². The van der Waals surface area contributed by atoms with E-state index in [0.29, 0.717) is 11.5 Å². The fourth-order valence-corrected chi connectivity index (χ4v) is 4.96. The molecular formula is C28H29NO3. The van der Waals surface area contributed by atoms with Gasteiger partial charge in [-0.3, -0.25) is 9.69 Å². The first-order chi connectivity index (χ1) is 15.6. The number of hydrogen-bond acceptors (Lipinski definition) is 3. The van der Waals surface area contributed by atoms with Crippen LogP contribution in [0.2, 0.25) is 0 Å². The fraction of sp³-hybridized carbons (Fsp3) is 0.321. The van der Waals surface area contributed by atoms with Crippen molar-refractivity contribution in [2.75, 3.05) is 12.0 Å². The van der Waals surface area contributed by atoms with Crippen LogP contribution in [-0.2, 0) is 0 Å². The van der Waals surface area contributed by atoms with Gasteiger partial charge in [-0.25, -0.2) is 0 Å². The SMILES string of the molecule is COc1ccc(N2C(=O)c3cc(C)c(C)cc3C2c2ccccc2)cc1OC1CCCC1. The number of carbonyl (C=O) groups excluding carboxylic acids is 1. The van der Waals surface area contributed by atoms with Crippen LogP contribution in [0, 0.1) is 13.8 Å². The molecule has 1 saturated carbocycles. The minimum absolute atomic E-state index is 0.0222. The molecule has 4 heteroatoms. The summed E-state index contributed by atoms with van der Waals surface area (Å²) in [7, 11) is 1.66. The van der Waals surface area contributed by atoms with Gasteiger partial charge in [-0.2, -0.15) is 0 Å². The van der Waals surface area contributed by atoms with Gasteiger partial charge in [0.05, 0.1) is 19.3 Å². The molecular weight excluding hydrogens is 398 g/mol. The minimum Gasteiger partial charge on any atom is -0.493 e. The molecule has 1 aliphatic heterocycles. The number of nitrogens with zero attached hydrogens (tertiary/aromatic N) is 1. The Morgan fingerprint density at radius 2 is 1.59 bits per heavy atom. The molecule has 0 saturated heterocycles. The number of methoxy groups -OCH3 is 1. The van der Waals surface area contributed by atoms with Crippen molar-refractivity contribution in [1.82, 2.24) is 0 Å². The van der Waals surface area contributed by atoms with Crippen molar-refractivity contribution in [2.24, 2.45) is 0 Å². The summed E-state index contributed by atoms with van der Waals surface area (Å²) < 4.78 is 11.9. The highest BCUT2D eigenvalue weighted by atomic mass is 16.5. The molecule has 5 rings (SSSR count). The van der Waals surface area contributed by atoms with Gasteiger partial charge >= 0.3 is 0 Å². The maximum Gasteiger partial charge on any atom is 0.259 e. The van der Waals surface area contributed by atoms with Crippen LogP contribution < -0.4 is 14.4 Å². The van der Waals surface area contributed by atoms with E-state index in [1.807, 2.05) is 47.4 Å². The molecule has 1 aliphatic carbocycles. The van der Waals surface area contributed by atoms with Crippen LogP contribution in [0.4, 0.5) is 5.69 Å². The topological polar surface area (TPSA) is 38.8 Å². The highest BCUT2D eigenvalue weighted by Crippen LogP contribution is 2.44. The smallest absolute Gasteiger partial charge is 0.259 e. The van der Waals surface area contributed by atoms with Gasteiger partial charge in [-0.15, -0.1) is 0 Å². The van der Waals surface area contributed by atoms with E-state index in [0.717, 1.165) is 40.8 Å². The third-order valence-electron chi connectivity index (χ3n) is 6.80. The average Bonchev–Trinajstić information content (AvgIpc) is 3.41. The van der Waals surface area contributed by atoms with E-state index in [9.17, 15) is 4.79 Å². The predicted molar refractivity (Wildman–Crippen MR) is 127 cm³/mol. The summed E-state index contributed by atoms with van der Waals surface area (Å²) in [5.41, 5.74) is 6.07. The Labute approximate surface area is 189 Å². The molecule has 0 bridgehead atoms. The molecule has 3 aromatic rings. The van der Waals surface area contributed by atoms with Gasteiger partial charge in [0, 0.05) is 17.3 Å². The second-order valence-electron chi connectivity index (χ2n) is 8.87. The number of anilines is 1. The van der Waals surface area contributed by atoms with Gasteiger partial charge < -0.3 is 9.47 Å². The number of amides is 1. The molecule has 1 unspecified atom stereocenters. The third-order valence-corrected chi connectivity index (χ3v) is 6.80. The predicted octanol–water partition coefficient (Wildman–Crippen LogP) is 6.38. The van der Waals surface area contributed by atoms with Gasteiger partial charge in [0.25, 0.3) is 5.91 Å². The number of ether oxygens (including phenoxy) is 2. The Bertz CT molecular complexity index is 1150. The van der Waals surface area contributed by atoms with Crippen LogP contribution in [0.3, 0.4) is 0 Å². The first kappa shape index (κ1) is 20.6. The lowest BCUT2D eigenvalue weighted by molar-refractivity contribution is 0.0993. The van der Waals surface area contributed by atoms with Gasteiger partial charge in [0.15, 0.2) is 11.5 Å². The molecule has 0 radical (unpaired) electrons. The minimum atomic E-state index is -0.175. The van der Waals surface area contributed by atoms with Crippen LogP contribution >= 0.6 is 0 Å². The van der Waals surface area contributed by atoms with Crippen molar-refractivity contribution < 1.29 is 14.3 Å². The fourth-order valence-electron chi connectivity index (χ4n) is 4.96. The molecule has 4 nitrogen and oxygen atoms in total. The van der Waals surface area contributed by atoms with Crippen molar-refractivity contribution >= 4 is 11.6 Å². The van der Waals surface area contributed by atoms with E-state index >= 15 is 0 Å². The first-order valence-corrected chi connectivity index (χ1v) is 11.4.